The van der Waals surface area contributed by atoms with Gasteiger partial charge in [-0.3, -0.25) is 9.89 Å². The molecule has 3 rings (SSSR count). The Hall–Kier alpha value is -2.43. The fourth-order valence-corrected chi connectivity index (χ4v) is 2.12. The van der Waals surface area contributed by atoms with Gasteiger partial charge in [-0.2, -0.15) is 10.2 Å². The second-order valence-electron chi connectivity index (χ2n) is 5.28. The molecule has 1 saturated carbocycles. The molecule has 0 radical (unpaired) electrons. The van der Waals surface area contributed by atoms with E-state index >= 15 is 0 Å². The number of aryl methyl sites for hydroxylation is 1. The van der Waals surface area contributed by atoms with Gasteiger partial charge in [0.1, 0.15) is 0 Å². The first-order valence-corrected chi connectivity index (χ1v) is 7.24. The van der Waals surface area contributed by atoms with Crippen LogP contribution >= 0.6 is 0 Å². The van der Waals surface area contributed by atoms with Crippen molar-refractivity contribution in [2.45, 2.75) is 32.1 Å². The van der Waals surface area contributed by atoms with Crippen molar-refractivity contribution in [2.75, 3.05) is 0 Å². The average Bonchev–Trinajstić information content (AvgIpc) is 3.25. The first-order valence-electron chi connectivity index (χ1n) is 7.24. The van der Waals surface area contributed by atoms with Crippen LogP contribution in [0, 0.1) is 0 Å². The summed E-state index contributed by atoms with van der Waals surface area (Å²) in [5, 5.41) is 10.9. The van der Waals surface area contributed by atoms with Gasteiger partial charge in [-0.05, 0) is 36.5 Å². The average molecular weight is 282 g/mol. The first kappa shape index (κ1) is 13.5. The fourth-order valence-electron chi connectivity index (χ4n) is 2.12. The van der Waals surface area contributed by atoms with E-state index in [1.807, 2.05) is 12.1 Å². The van der Waals surface area contributed by atoms with E-state index in [0.29, 0.717) is 11.6 Å². The molecule has 1 heterocycles. The number of nitrogens with zero attached hydrogens (tertiary/aromatic N) is 2. The highest BCUT2D eigenvalue weighted by atomic mass is 16.2. The van der Waals surface area contributed by atoms with Crippen LogP contribution in [0.2, 0.25) is 0 Å². The molecule has 1 aliphatic carbocycles. The van der Waals surface area contributed by atoms with Crippen molar-refractivity contribution in [3.8, 4) is 0 Å². The molecule has 0 bridgehead atoms. The summed E-state index contributed by atoms with van der Waals surface area (Å²) >= 11 is 0. The Labute approximate surface area is 123 Å². The van der Waals surface area contributed by atoms with E-state index in [4.69, 9.17) is 0 Å². The lowest BCUT2D eigenvalue weighted by atomic mass is 10.1. The number of aromatic amines is 1. The maximum absolute atomic E-state index is 11.9. The Morgan fingerprint density at radius 1 is 1.43 bits per heavy atom. The first-order chi connectivity index (χ1) is 10.3. The summed E-state index contributed by atoms with van der Waals surface area (Å²) in [5.41, 5.74) is 6.15. The normalized spacial score (nSPS) is 14.5. The molecule has 5 heteroatoms. The Morgan fingerprint density at radius 2 is 2.19 bits per heavy atom. The highest BCUT2D eigenvalue weighted by Gasteiger charge is 2.26. The van der Waals surface area contributed by atoms with Gasteiger partial charge in [0.05, 0.1) is 6.21 Å². The number of carbonyl (C=O) groups is 1. The van der Waals surface area contributed by atoms with E-state index in [-0.39, 0.29) is 5.91 Å². The largest absolute Gasteiger partial charge is 0.291 e. The molecule has 1 amide bonds. The maximum Gasteiger partial charge on any atom is 0.291 e. The summed E-state index contributed by atoms with van der Waals surface area (Å²) in [6.07, 6.45) is 4.99. The quantitative estimate of drug-likeness (QED) is 0.653. The van der Waals surface area contributed by atoms with Crippen molar-refractivity contribution >= 4 is 12.1 Å². The maximum atomic E-state index is 11.9. The highest BCUT2D eigenvalue weighted by Crippen LogP contribution is 2.38. The number of benzene rings is 1. The van der Waals surface area contributed by atoms with E-state index < -0.39 is 0 Å². The third-order valence-corrected chi connectivity index (χ3v) is 3.62. The Bertz CT molecular complexity index is 653. The van der Waals surface area contributed by atoms with E-state index in [2.05, 4.69) is 39.8 Å². The second kappa shape index (κ2) is 5.91. The van der Waals surface area contributed by atoms with Gasteiger partial charge in [-0.15, -0.1) is 0 Å². The van der Waals surface area contributed by atoms with Gasteiger partial charge in [-0.1, -0.05) is 31.2 Å². The van der Waals surface area contributed by atoms with Crippen LogP contribution in [0.25, 0.3) is 0 Å². The zero-order valence-electron chi connectivity index (χ0n) is 12.0. The summed E-state index contributed by atoms with van der Waals surface area (Å²) in [4.78, 5) is 11.9. The number of nitrogens with one attached hydrogen (secondary N) is 2. The number of H-pyrrole nitrogens is 1. The molecule has 2 aromatic rings. The molecular weight excluding hydrogens is 264 g/mol. The zero-order valence-corrected chi connectivity index (χ0v) is 12.0. The smallest absolute Gasteiger partial charge is 0.281 e. The molecular formula is C16H18N4O. The molecule has 5 nitrogen and oxygen atoms in total. The number of carbonyl (C=O) groups excluding carboxylic acids is 1. The Morgan fingerprint density at radius 3 is 2.86 bits per heavy atom. The van der Waals surface area contributed by atoms with Gasteiger partial charge in [0.15, 0.2) is 5.69 Å². The molecule has 21 heavy (non-hydrogen) atoms. The Kier molecular flexibility index (Phi) is 3.81. The van der Waals surface area contributed by atoms with E-state index in [9.17, 15) is 4.79 Å². The van der Waals surface area contributed by atoms with Crippen molar-refractivity contribution < 1.29 is 4.79 Å². The van der Waals surface area contributed by atoms with Crippen LogP contribution in [0.15, 0.2) is 35.4 Å². The van der Waals surface area contributed by atoms with Gasteiger partial charge < -0.3 is 0 Å². The van der Waals surface area contributed by atoms with Crippen LogP contribution in [-0.2, 0) is 6.42 Å². The molecule has 0 unspecified atom stereocenters. The number of aromatic nitrogens is 2. The molecule has 0 saturated heterocycles. The Balaban J connectivity index is 1.57. The monoisotopic (exact) mass is 282 g/mol. The van der Waals surface area contributed by atoms with Crippen LogP contribution < -0.4 is 5.43 Å². The number of rotatable bonds is 5. The summed E-state index contributed by atoms with van der Waals surface area (Å²) in [7, 11) is 0. The van der Waals surface area contributed by atoms with Crippen LogP contribution in [0.1, 0.15) is 53.0 Å². The van der Waals surface area contributed by atoms with Crippen molar-refractivity contribution in [3.63, 3.8) is 0 Å². The minimum Gasteiger partial charge on any atom is -0.281 e. The van der Waals surface area contributed by atoms with Crippen molar-refractivity contribution in [2.24, 2.45) is 5.10 Å². The van der Waals surface area contributed by atoms with Crippen molar-refractivity contribution in [1.82, 2.24) is 15.6 Å². The molecule has 0 atom stereocenters. The van der Waals surface area contributed by atoms with Crippen molar-refractivity contribution in [1.29, 1.82) is 0 Å². The van der Waals surface area contributed by atoms with Crippen LogP contribution in [0.5, 0.6) is 0 Å². The number of hydrogen-bond acceptors (Lipinski definition) is 3. The SMILES string of the molecule is CCc1ccc(C=NNC(=O)c2cc(C3CC3)[nH]n2)cc1. The van der Waals surface area contributed by atoms with Gasteiger partial charge in [0.2, 0.25) is 0 Å². The van der Waals surface area contributed by atoms with Crippen LogP contribution in [-0.4, -0.2) is 22.3 Å². The third-order valence-electron chi connectivity index (χ3n) is 3.62. The van der Waals surface area contributed by atoms with E-state index in [1.165, 1.54) is 18.4 Å². The molecule has 1 aromatic heterocycles. The minimum absolute atomic E-state index is 0.292. The van der Waals surface area contributed by atoms with Gasteiger partial charge in [0, 0.05) is 11.6 Å². The van der Waals surface area contributed by atoms with Crippen LogP contribution in [0.4, 0.5) is 0 Å². The highest BCUT2D eigenvalue weighted by molar-refractivity contribution is 5.93. The minimum atomic E-state index is -0.292. The lowest BCUT2D eigenvalue weighted by Gasteiger charge is -1.97. The predicted molar refractivity (Wildman–Crippen MR) is 81.4 cm³/mol. The molecule has 1 fully saturated rings. The van der Waals surface area contributed by atoms with E-state index in [1.54, 1.807) is 12.3 Å². The second-order valence-corrected chi connectivity index (χ2v) is 5.28. The number of hydrogen-bond donors (Lipinski definition) is 2. The van der Waals surface area contributed by atoms with Gasteiger partial charge in [-0.25, -0.2) is 5.43 Å². The number of amides is 1. The van der Waals surface area contributed by atoms with Gasteiger partial charge in [0.25, 0.3) is 5.91 Å². The van der Waals surface area contributed by atoms with Crippen molar-refractivity contribution in [3.05, 3.63) is 52.8 Å². The summed E-state index contributed by atoms with van der Waals surface area (Å²) < 4.78 is 0. The topological polar surface area (TPSA) is 70.1 Å². The molecule has 0 aliphatic heterocycles. The fraction of sp³-hybridized carbons (Fsp3) is 0.312. The lowest BCUT2D eigenvalue weighted by molar-refractivity contribution is 0.0950. The number of hydrazone groups is 1. The summed E-state index contributed by atoms with van der Waals surface area (Å²) in [6, 6.07) is 9.87. The molecule has 0 spiro atoms. The standard InChI is InChI=1S/C16H18N4O/c1-2-11-3-5-12(6-4-11)10-17-20-16(21)15-9-14(18-19-15)13-7-8-13/h3-6,9-10,13H,2,7-8H2,1H3,(H,18,19)(H,20,21). The third kappa shape index (κ3) is 3.37. The molecule has 2 N–H and O–H groups in total. The van der Waals surface area contributed by atoms with Crippen LogP contribution in [0.3, 0.4) is 0 Å². The molecule has 108 valence electrons. The van der Waals surface area contributed by atoms with Gasteiger partial charge >= 0.3 is 0 Å². The lowest BCUT2D eigenvalue weighted by Crippen LogP contribution is -2.18. The summed E-state index contributed by atoms with van der Waals surface area (Å²) in [6.45, 7) is 2.11. The zero-order chi connectivity index (χ0) is 14.7. The predicted octanol–water partition coefficient (Wildman–Crippen LogP) is 2.61. The van der Waals surface area contributed by atoms with E-state index in [0.717, 1.165) is 17.7 Å². The molecule has 1 aromatic carbocycles. The summed E-state index contributed by atoms with van der Waals surface area (Å²) in [5.74, 6) is 0.263. The molecule has 1 aliphatic rings.